The number of hydrogen-bond acceptors (Lipinski definition) is 7. The molecular weight excluding hydrogens is 491 g/mol. The zero-order valence-electron chi connectivity index (χ0n) is 20.5. The van der Waals surface area contributed by atoms with E-state index < -0.39 is 23.4 Å². The fourth-order valence-electron chi connectivity index (χ4n) is 4.83. The molecule has 0 bridgehead atoms. The molecule has 1 saturated heterocycles. The fraction of sp³-hybridized carbons (Fsp3) is 0.458. The predicted molar refractivity (Wildman–Crippen MR) is 127 cm³/mol. The number of carbonyl (C=O) groups is 2. The predicted octanol–water partition coefficient (Wildman–Crippen LogP) is 3.40. The SMILES string of the molecule is CC(C)(C)OC(=O)N1CCC(N2CCc3ncc(-c4cc(C(F)(F)F)c5c(N)ncnn45)cc3C2=O)C1. The minimum atomic E-state index is -4.68. The number of likely N-dealkylation sites (tertiary alicyclic amines) is 1. The highest BCUT2D eigenvalue weighted by atomic mass is 19.4. The third kappa shape index (κ3) is 4.53. The molecule has 5 heterocycles. The zero-order chi connectivity index (χ0) is 26.7. The monoisotopic (exact) mass is 517 g/mol. The highest BCUT2D eigenvalue weighted by molar-refractivity contribution is 5.97. The number of nitrogens with two attached hydrogens (primary N) is 1. The second-order valence-corrected chi connectivity index (χ2v) is 10.2. The third-order valence-electron chi connectivity index (χ3n) is 6.49. The zero-order valence-corrected chi connectivity index (χ0v) is 20.5. The van der Waals surface area contributed by atoms with Gasteiger partial charge in [0.2, 0.25) is 0 Å². The summed E-state index contributed by atoms with van der Waals surface area (Å²) in [6.45, 7) is 6.62. The summed E-state index contributed by atoms with van der Waals surface area (Å²) < 4.78 is 47.7. The third-order valence-corrected chi connectivity index (χ3v) is 6.49. The van der Waals surface area contributed by atoms with Crippen LogP contribution in [0.25, 0.3) is 16.8 Å². The Labute approximate surface area is 210 Å². The Morgan fingerprint density at radius 2 is 1.92 bits per heavy atom. The van der Waals surface area contributed by atoms with Gasteiger partial charge in [-0.15, -0.1) is 0 Å². The van der Waals surface area contributed by atoms with E-state index in [1.807, 2.05) is 0 Å². The highest BCUT2D eigenvalue weighted by Gasteiger charge is 2.39. The summed E-state index contributed by atoms with van der Waals surface area (Å²) in [4.78, 5) is 37.3. The molecule has 2 aliphatic rings. The molecule has 2 aliphatic heterocycles. The van der Waals surface area contributed by atoms with Crippen molar-refractivity contribution in [1.82, 2.24) is 29.4 Å². The molecule has 13 heteroatoms. The topological polar surface area (TPSA) is 119 Å². The first-order valence-electron chi connectivity index (χ1n) is 11.8. The molecule has 196 valence electrons. The Morgan fingerprint density at radius 3 is 2.62 bits per heavy atom. The van der Waals surface area contributed by atoms with E-state index in [0.29, 0.717) is 49.3 Å². The quantitative estimate of drug-likeness (QED) is 0.553. The first kappa shape index (κ1) is 24.8. The molecule has 0 saturated carbocycles. The van der Waals surface area contributed by atoms with Gasteiger partial charge in [-0.3, -0.25) is 9.78 Å². The van der Waals surface area contributed by atoms with Crippen molar-refractivity contribution >= 4 is 23.3 Å². The molecule has 5 rings (SSSR count). The molecule has 1 fully saturated rings. The van der Waals surface area contributed by atoms with Gasteiger partial charge in [0, 0.05) is 37.8 Å². The van der Waals surface area contributed by atoms with E-state index in [0.717, 1.165) is 16.9 Å². The molecule has 3 aromatic heterocycles. The van der Waals surface area contributed by atoms with Crippen LogP contribution in [0.15, 0.2) is 24.7 Å². The Bertz CT molecular complexity index is 1400. The van der Waals surface area contributed by atoms with E-state index in [-0.39, 0.29) is 29.0 Å². The first-order valence-corrected chi connectivity index (χ1v) is 11.8. The van der Waals surface area contributed by atoms with Crippen LogP contribution in [0.4, 0.5) is 23.8 Å². The number of hydrogen-bond donors (Lipinski definition) is 1. The van der Waals surface area contributed by atoms with E-state index in [1.54, 1.807) is 30.6 Å². The van der Waals surface area contributed by atoms with Gasteiger partial charge in [0.1, 0.15) is 17.4 Å². The van der Waals surface area contributed by atoms with Crippen molar-refractivity contribution in [1.29, 1.82) is 0 Å². The van der Waals surface area contributed by atoms with Gasteiger partial charge in [-0.25, -0.2) is 14.3 Å². The molecule has 2 amide bonds. The van der Waals surface area contributed by atoms with E-state index in [2.05, 4.69) is 15.1 Å². The van der Waals surface area contributed by atoms with Gasteiger partial charge in [-0.05, 0) is 39.3 Å². The van der Waals surface area contributed by atoms with Crippen LogP contribution in [0.3, 0.4) is 0 Å². The first-order chi connectivity index (χ1) is 17.3. The van der Waals surface area contributed by atoms with Crippen molar-refractivity contribution in [3.8, 4) is 11.3 Å². The molecular formula is C24H26F3N7O3. The van der Waals surface area contributed by atoms with Crippen LogP contribution in [0.2, 0.25) is 0 Å². The van der Waals surface area contributed by atoms with Gasteiger partial charge < -0.3 is 20.3 Å². The number of nitrogens with zero attached hydrogens (tertiary/aromatic N) is 6. The van der Waals surface area contributed by atoms with Crippen molar-refractivity contribution < 1.29 is 27.5 Å². The molecule has 1 unspecified atom stereocenters. The maximum absolute atomic E-state index is 13.7. The van der Waals surface area contributed by atoms with Crippen molar-refractivity contribution in [3.63, 3.8) is 0 Å². The Hall–Kier alpha value is -3.90. The lowest BCUT2D eigenvalue weighted by molar-refractivity contribution is -0.136. The second kappa shape index (κ2) is 8.60. The molecule has 0 aliphatic carbocycles. The van der Waals surface area contributed by atoms with Crippen LogP contribution in [0.1, 0.15) is 48.8 Å². The normalized spacial score (nSPS) is 18.4. The van der Waals surface area contributed by atoms with Crippen LogP contribution >= 0.6 is 0 Å². The number of carbonyl (C=O) groups excluding carboxylic acids is 2. The Balaban J connectivity index is 1.44. The highest BCUT2D eigenvalue weighted by Crippen LogP contribution is 2.39. The number of pyridine rings is 1. The number of halogens is 3. The summed E-state index contributed by atoms with van der Waals surface area (Å²) in [6, 6.07) is 2.28. The minimum Gasteiger partial charge on any atom is -0.444 e. The number of rotatable bonds is 2. The van der Waals surface area contributed by atoms with Crippen molar-refractivity contribution in [3.05, 3.63) is 41.5 Å². The largest absolute Gasteiger partial charge is 0.444 e. The molecule has 3 aromatic rings. The summed E-state index contributed by atoms with van der Waals surface area (Å²) in [5.74, 6) is -0.588. The van der Waals surface area contributed by atoms with Gasteiger partial charge in [0.25, 0.3) is 5.91 Å². The van der Waals surface area contributed by atoms with Gasteiger partial charge in [-0.2, -0.15) is 18.3 Å². The standard InChI is InChI=1S/C24H26F3N7O3/c1-23(2,3)37-22(36)32-6-4-14(11-32)33-7-5-17-15(21(33)35)8-13(10-29-17)18-9-16(24(25,26)27)19-20(28)30-12-31-34(18)19/h8-10,12,14H,4-7,11H2,1-3H3,(H2,28,30,31). The lowest BCUT2D eigenvalue weighted by Gasteiger charge is -2.33. The summed E-state index contributed by atoms with van der Waals surface area (Å²) in [7, 11) is 0. The van der Waals surface area contributed by atoms with E-state index in [1.165, 1.54) is 12.3 Å². The molecule has 10 nitrogen and oxygen atoms in total. The minimum absolute atomic E-state index is 0.0913. The number of anilines is 1. The summed E-state index contributed by atoms with van der Waals surface area (Å²) in [5, 5.41) is 3.96. The number of aromatic nitrogens is 4. The molecule has 0 aromatic carbocycles. The van der Waals surface area contributed by atoms with Crippen molar-refractivity contribution in [2.75, 3.05) is 25.4 Å². The van der Waals surface area contributed by atoms with Crippen LogP contribution < -0.4 is 5.73 Å². The van der Waals surface area contributed by atoms with Gasteiger partial charge in [-0.1, -0.05) is 0 Å². The maximum atomic E-state index is 13.7. The van der Waals surface area contributed by atoms with E-state index >= 15 is 0 Å². The molecule has 1 atom stereocenters. The number of alkyl halides is 3. The maximum Gasteiger partial charge on any atom is 0.418 e. The van der Waals surface area contributed by atoms with Gasteiger partial charge >= 0.3 is 12.3 Å². The van der Waals surface area contributed by atoms with Crippen LogP contribution in [0, 0.1) is 0 Å². The number of fused-ring (bicyclic) bond motifs is 2. The van der Waals surface area contributed by atoms with Crippen LogP contribution in [-0.2, 0) is 17.3 Å². The summed E-state index contributed by atoms with van der Waals surface area (Å²) in [5.41, 5.74) is 5.05. The number of nitrogen functional groups attached to an aromatic ring is 1. The van der Waals surface area contributed by atoms with E-state index in [9.17, 15) is 22.8 Å². The summed E-state index contributed by atoms with van der Waals surface area (Å²) >= 11 is 0. The Morgan fingerprint density at radius 1 is 1.16 bits per heavy atom. The second-order valence-electron chi connectivity index (χ2n) is 10.2. The fourth-order valence-corrected chi connectivity index (χ4v) is 4.83. The number of amides is 2. The lowest BCUT2D eigenvalue weighted by Crippen LogP contribution is -2.47. The lowest BCUT2D eigenvalue weighted by atomic mass is 10.00. The van der Waals surface area contributed by atoms with E-state index in [4.69, 9.17) is 10.5 Å². The van der Waals surface area contributed by atoms with Crippen molar-refractivity contribution in [2.24, 2.45) is 0 Å². The summed E-state index contributed by atoms with van der Waals surface area (Å²) in [6.07, 6.45) is -1.52. The average molecular weight is 518 g/mol. The smallest absolute Gasteiger partial charge is 0.418 e. The Kier molecular flexibility index (Phi) is 5.76. The molecule has 0 radical (unpaired) electrons. The van der Waals surface area contributed by atoms with Gasteiger partial charge in [0.05, 0.1) is 28.6 Å². The molecule has 37 heavy (non-hydrogen) atoms. The molecule has 0 spiro atoms. The average Bonchev–Trinajstić information content (AvgIpc) is 3.44. The van der Waals surface area contributed by atoms with Crippen LogP contribution in [-0.4, -0.2) is 72.7 Å². The van der Waals surface area contributed by atoms with Crippen molar-refractivity contribution in [2.45, 2.75) is 51.4 Å². The number of ether oxygens (including phenoxy) is 1. The van der Waals surface area contributed by atoms with Gasteiger partial charge in [0.15, 0.2) is 5.82 Å². The molecule has 2 N–H and O–H groups in total. The van der Waals surface area contributed by atoms with Crippen LogP contribution in [0.5, 0.6) is 0 Å².